The molecule has 2 rings (SSSR count). The quantitative estimate of drug-likeness (QED) is 0.520. The fourth-order valence-electron chi connectivity index (χ4n) is 1.26. The van der Waals surface area contributed by atoms with E-state index in [1.54, 1.807) is 0 Å². The van der Waals surface area contributed by atoms with Crippen molar-refractivity contribution >= 4 is 39.0 Å². The van der Waals surface area contributed by atoms with Crippen molar-refractivity contribution in [2.45, 2.75) is 0 Å². The van der Waals surface area contributed by atoms with Crippen molar-refractivity contribution < 1.29 is 9.66 Å². The maximum absolute atomic E-state index is 10.6. The highest BCUT2D eigenvalue weighted by Crippen LogP contribution is 2.30. The minimum absolute atomic E-state index is 0.0109. The molecule has 2 N–H and O–H groups in total. The summed E-state index contributed by atoms with van der Waals surface area (Å²) >= 11 is 8.90. The summed E-state index contributed by atoms with van der Waals surface area (Å²) in [5, 5.41) is 10.6. The van der Waals surface area contributed by atoms with E-state index in [2.05, 4.69) is 25.9 Å². The second kappa shape index (κ2) is 5.37. The van der Waals surface area contributed by atoms with Gasteiger partial charge in [0.15, 0.2) is 0 Å². The zero-order valence-electron chi connectivity index (χ0n) is 9.21. The van der Waals surface area contributed by atoms with E-state index in [-0.39, 0.29) is 28.3 Å². The summed E-state index contributed by atoms with van der Waals surface area (Å²) in [6.07, 6.45) is 0. The van der Waals surface area contributed by atoms with Crippen LogP contribution in [0, 0.1) is 10.1 Å². The molecule has 0 aliphatic carbocycles. The molecule has 7 nitrogen and oxygen atoms in total. The number of nitrogens with two attached hydrogens (primary N) is 1. The van der Waals surface area contributed by atoms with Gasteiger partial charge >= 0.3 is 6.01 Å². The first kappa shape index (κ1) is 13.5. The Bertz CT molecular complexity index is 632. The monoisotopic (exact) mass is 344 g/mol. The number of aromatic nitrogens is 2. The summed E-state index contributed by atoms with van der Waals surface area (Å²) in [6.45, 7) is 0. The zero-order chi connectivity index (χ0) is 14.0. The van der Waals surface area contributed by atoms with Gasteiger partial charge in [-0.05, 0) is 22.0 Å². The summed E-state index contributed by atoms with van der Waals surface area (Å²) in [6, 6.07) is 5.45. The number of nitrogen functional groups attached to an aromatic ring is 1. The van der Waals surface area contributed by atoms with Crippen LogP contribution in [0.2, 0.25) is 5.02 Å². The number of nitro groups is 1. The first-order valence-corrected chi connectivity index (χ1v) is 6.04. The number of hydrogen-bond acceptors (Lipinski definition) is 6. The van der Waals surface area contributed by atoms with Crippen LogP contribution in [-0.2, 0) is 0 Å². The topological polar surface area (TPSA) is 104 Å². The number of anilines is 1. The van der Waals surface area contributed by atoms with Crippen molar-refractivity contribution in [2.75, 3.05) is 5.73 Å². The Morgan fingerprint density at radius 1 is 1.37 bits per heavy atom. The lowest BCUT2D eigenvalue weighted by Gasteiger charge is -2.05. The Morgan fingerprint density at radius 3 is 2.68 bits per heavy atom. The molecule has 0 atom stereocenters. The fourth-order valence-corrected chi connectivity index (χ4v) is 1.89. The van der Waals surface area contributed by atoms with Gasteiger partial charge in [0.25, 0.3) is 5.69 Å². The number of hydrogen-bond donors (Lipinski definition) is 1. The van der Waals surface area contributed by atoms with Crippen molar-refractivity contribution in [3.8, 4) is 11.8 Å². The molecule has 0 spiro atoms. The second-order valence-electron chi connectivity index (χ2n) is 3.37. The van der Waals surface area contributed by atoms with Crippen molar-refractivity contribution in [1.29, 1.82) is 0 Å². The van der Waals surface area contributed by atoms with Crippen LogP contribution in [0.5, 0.6) is 11.8 Å². The largest absolute Gasteiger partial charge is 0.424 e. The van der Waals surface area contributed by atoms with E-state index in [1.807, 2.05) is 0 Å². The lowest BCUT2D eigenvalue weighted by Crippen LogP contribution is -1.97. The average molecular weight is 346 g/mol. The minimum atomic E-state index is -0.584. The van der Waals surface area contributed by atoms with Crippen LogP contribution in [0.4, 0.5) is 11.5 Å². The smallest absolute Gasteiger partial charge is 0.325 e. The summed E-state index contributed by atoms with van der Waals surface area (Å²) < 4.78 is 5.78. The molecule has 1 aromatic carbocycles. The standard InChI is InChI=1S/C10H6BrClN4O3/c11-8-4-9(13)15-10(14-8)19-5-1-2-7(16(17)18)6(12)3-5/h1-4H,(H2,13,14,15). The number of nitrogens with zero attached hydrogens (tertiary/aromatic N) is 3. The van der Waals surface area contributed by atoms with Gasteiger partial charge in [0.1, 0.15) is 21.2 Å². The first-order chi connectivity index (χ1) is 8.95. The molecule has 0 radical (unpaired) electrons. The maximum atomic E-state index is 10.6. The van der Waals surface area contributed by atoms with E-state index >= 15 is 0 Å². The Hall–Kier alpha value is -1.93. The Kier molecular flexibility index (Phi) is 3.82. The Morgan fingerprint density at radius 2 is 2.11 bits per heavy atom. The van der Waals surface area contributed by atoms with Crippen LogP contribution in [0.3, 0.4) is 0 Å². The molecule has 19 heavy (non-hydrogen) atoms. The molecule has 9 heteroatoms. The molecule has 0 fully saturated rings. The van der Waals surface area contributed by atoms with E-state index in [4.69, 9.17) is 22.1 Å². The molecule has 2 aromatic rings. The lowest BCUT2D eigenvalue weighted by molar-refractivity contribution is -0.384. The fraction of sp³-hybridized carbons (Fsp3) is 0. The van der Waals surface area contributed by atoms with E-state index < -0.39 is 4.92 Å². The zero-order valence-corrected chi connectivity index (χ0v) is 11.6. The van der Waals surface area contributed by atoms with Crippen LogP contribution in [0.15, 0.2) is 28.9 Å². The average Bonchev–Trinajstić information content (AvgIpc) is 2.26. The van der Waals surface area contributed by atoms with Crippen LogP contribution >= 0.6 is 27.5 Å². The molecule has 0 saturated heterocycles. The molecular formula is C10H6BrClN4O3. The molecule has 0 aliphatic heterocycles. The molecule has 0 bridgehead atoms. The van der Waals surface area contributed by atoms with Crippen LogP contribution < -0.4 is 10.5 Å². The van der Waals surface area contributed by atoms with E-state index in [9.17, 15) is 10.1 Å². The molecular weight excluding hydrogens is 339 g/mol. The van der Waals surface area contributed by atoms with Gasteiger partial charge in [0, 0.05) is 18.2 Å². The molecule has 0 saturated carbocycles. The van der Waals surface area contributed by atoms with Gasteiger partial charge < -0.3 is 10.5 Å². The summed E-state index contributed by atoms with van der Waals surface area (Å²) in [5.41, 5.74) is 5.33. The van der Waals surface area contributed by atoms with Crippen LogP contribution in [0.1, 0.15) is 0 Å². The summed E-state index contributed by atoms with van der Waals surface area (Å²) in [4.78, 5) is 17.8. The Balaban J connectivity index is 2.28. The number of benzene rings is 1. The Labute approximate surface area is 120 Å². The van der Waals surface area contributed by atoms with Crippen LogP contribution in [-0.4, -0.2) is 14.9 Å². The highest BCUT2D eigenvalue weighted by atomic mass is 79.9. The van der Waals surface area contributed by atoms with Gasteiger partial charge in [0.2, 0.25) is 0 Å². The van der Waals surface area contributed by atoms with Crippen molar-refractivity contribution in [2.24, 2.45) is 0 Å². The van der Waals surface area contributed by atoms with Crippen LogP contribution in [0.25, 0.3) is 0 Å². The molecule has 0 unspecified atom stereocenters. The van der Waals surface area contributed by atoms with E-state index in [0.717, 1.165) is 0 Å². The van der Waals surface area contributed by atoms with Gasteiger partial charge in [0.05, 0.1) is 4.92 Å². The highest BCUT2D eigenvalue weighted by molar-refractivity contribution is 9.10. The normalized spacial score (nSPS) is 10.2. The second-order valence-corrected chi connectivity index (χ2v) is 4.59. The van der Waals surface area contributed by atoms with Gasteiger partial charge in [-0.3, -0.25) is 10.1 Å². The van der Waals surface area contributed by atoms with Gasteiger partial charge in [-0.25, -0.2) is 0 Å². The van der Waals surface area contributed by atoms with Crippen molar-refractivity contribution in [3.63, 3.8) is 0 Å². The maximum Gasteiger partial charge on any atom is 0.325 e. The molecule has 0 aliphatic rings. The number of rotatable bonds is 3. The summed E-state index contributed by atoms with van der Waals surface area (Å²) in [5.74, 6) is 0.498. The third-order valence-corrected chi connectivity index (χ3v) is 2.73. The summed E-state index contributed by atoms with van der Waals surface area (Å²) in [7, 11) is 0. The third kappa shape index (κ3) is 3.30. The van der Waals surface area contributed by atoms with Gasteiger partial charge in [-0.2, -0.15) is 9.97 Å². The minimum Gasteiger partial charge on any atom is -0.424 e. The predicted octanol–water partition coefficient (Wildman–Crippen LogP) is 3.18. The third-order valence-electron chi connectivity index (χ3n) is 2.02. The first-order valence-electron chi connectivity index (χ1n) is 4.87. The highest BCUT2D eigenvalue weighted by Gasteiger charge is 2.13. The van der Waals surface area contributed by atoms with Crippen molar-refractivity contribution in [3.05, 3.63) is 44.0 Å². The molecule has 98 valence electrons. The molecule has 1 heterocycles. The number of nitro benzene ring substituents is 1. The number of ether oxygens (including phenoxy) is 1. The number of halogens is 2. The lowest BCUT2D eigenvalue weighted by atomic mass is 10.3. The van der Waals surface area contributed by atoms with Crippen molar-refractivity contribution in [1.82, 2.24) is 9.97 Å². The van der Waals surface area contributed by atoms with E-state index in [1.165, 1.54) is 24.3 Å². The van der Waals surface area contributed by atoms with Gasteiger partial charge in [-0.15, -0.1) is 0 Å². The van der Waals surface area contributed by atoms with E-state index in [0.29, 0.717) is 4.60 Å². The molecule has 1 aromatic heterocycles. The molecule has 0 amide bonds. The van der Waals surface area contributed by atoms with Gasteiger partial charge in [-0.1, -0.05) is 11.6 Å². The predicted molar refractivity (Wildman–Crippen MR) is 72.3 cm³/mol. The SMILES string of the molecule is Nc1cc(Br)nc(Oc2ccc([N+](=O)[O-])c(Cl)c2)n1.